The van der Waals surface area contributed by atoms with Crippen molar-refractivity contribution in [3.8, 4) is 16.9 Å². The number of amides is 2. The molecule has 13 heteroatoms. The van der Waals surface area contributed by atoms with Gasteiger partial charge in [0, 0.05) is 23.2 Å². The third kappa shape index (κ3) is 6.38. The molecule has 3 aliphatic carbocycles. The molecule has 6 rings (SSSR count). The molecule has 0 aromatic heterocycles. The Bertz CT molecular complexity index is 1820. The Hall–Kier alpha value is -4.78. The van der Waals surface area contributed by atoms with E-state index in [1.165, 1.54) is 37.4 Å². The van der Waals surface area contributed by atoms with Crippen LogP contribution in [-0.2, 0) is 15.8 Å². The molecule has 3 saturated carbocycles. The number of benzene rings is 3. The summed E-state index contributed by atoms with van der Waals surface area (Å²) in [6.07, 6.45) is 0.530. The molecule has 5 N–H and O–H groups in total. The molecule has 3 aromatic carbocycles. The number of aliphatic carboxylic acids is 1. The van der Waals surface area contributed by atoms with Crippen molar-refractivity contribution in [3.63, 3.8) is 0 Å². The van der Waals surface area contributed by atoms with E-state index >= 15 is 0 Å². The molecule has 2 amide bonds. The number of fused-ring (bicyclic) bond motifs is 2. The number of hydrogen-bond donors (Lipinski definition) is 4. The molecule has 8 nitrogen and oxygen atoms in total. The van der Waals surface area contributed by atoms with Gasteiger partial charge in [0.1, 0.15) is 23.4 Å². The van der Waals surface area contributed by atoms with Gasteiger partial charge in [-0.05, 0) is 91.1 Å². The quantitative estimate of drug-likeness (QED) is 0.153. The van der Waals surface area contributed by atoms with Crippen molar-refractivity contribution in [2.75, 3.05) is 12.4 Å². The minimum Gasteiger partial charge on any atom is -0.496 e. The van der Waals surface area contributed by atoms with Gasteiger partial charge in [-0.15, -0.1) is 0 Å². The van der Waals surface area contributed by atoms with Crippen molar-refractivity contribution in [3.05, 3.63) is 94.6 Å². The molecular formula is C35H32F5N3O5. The number of carbonyl (C=O) groups is 3. The standard InChI is InChI=1S/C35H32F5N3O5/c1-48-28-11-5-17(22-14-18(4-9-26(22)36)30(41)34(46)47)13-24(28)32(44)43-31-21-8-7-20(23(21)12-16-2-3-16)29(31)33(45)42-19-6-10-27(37)25(15-19)35(38,39)40/h4-6,9-16,20-21,29-31H,2-3,7-8,41H2,1H3,(H,42,45)(H,43,44)(H,46,47)/b23-12-/t20-,21+,29-,30?,31+/m0/s1. The largest absolute Gasteiger partial charge is 0.496 e. The summed E-state index contributed by atoms with van der Waals surface area (Å²) < 4.78 is 74.5. The predicted molar refractivity (Wildman–Crippen MR) is 165 cm³/mol. The van der Waals surface area contributed by atoms with E-state index in [-0.39, 0.29) is 45.5 Å². The van der Waals surface area contributed by atoms with E-state index in [4.69, 9.17) is 10.5 Å². The molecule has 3 fully saturated rings. The first-order valence-corrected chi connectivity index (χ1v) is 15.4. The molecular weight excluding hydrogens is 637 g/mol. The number of allylic oxidation sites excluding steroid dienone is 1. The van der Waals surface area contributed by atoms with Gasteiger partial charge in [-0.3, -0.25) is 14.4 Å². The summed E-state index contributed by atoms with van der Waals surface area (Å²) in [5.41, 5.74) is 5.45. The average molecular weight is 670 g/mol. The molecule has 0 radical (unpaired) electrons. The Balaban J connectivity index is 1.32. The van der Waals surface area contributed by atoms with Crippen LogP contribution >= 0.6 is 0 Å². The Morgan fingerprint density at radius 3 is 2.33 bits per heavy atom. The number of carbonyl (C=O) groups excluding carboxylic acids is 2. The average Bonchev–Trinajstić information content (AvgIpc) is 3.72. The second-order valence-electron chi connectivity index (χ2n) is 12.5. The van der Waals surface area contributed by atoms with Gasteiger partial charge in [0.2, 0.25) is 5.91 Å². The van der Waals surface area contributed by atoms with Crippen LogP contribution in [0.4, 0.5) is 27.6 Å². The SMILES string of the molecule is COc1ccc(-c2cc(C(N)C(=O)O)ccc2F)cc1C(=O)N[C@H]1[C@@H](C(=O)Nc2ccc(F)c(C(F)(F)F)c2)[C@H]2CC[C@@H]1/C2=C\C1CC1. The minimum absolute atomic E-state index is 0.00487. The normalized spacial score (nSPS) is 23.2. The summed E-state index contributed by atoms with van der Waals surface area (Å²) >= 11 is 0. The first-order valence-electron chi connectivity index (χ1n) is 15.4. The summed E-state index contributed by atoms with van der Waals surface area (Å²) in [6, 6.07) is 8.11. The van der Waals surface area contributed by atoms with Gasteiger partial charge in [0.15, 0.2) is 0 Å². The third-order valence-electron chi connectivity index (χ3n) is 9.46. The molecule has 3 aliphatic rings. The molecule has 1 unspecified atom stereocenters. The van der Waals surface area contributed by atoms with Gasteiger partial charge < -0.3 is 26.2 Å². The highest BCUT2D eigenvalue weighted by atomic mass is 19.4. The van der Waals surface area contributed by atoms with Gasteiger partial charge in [-0.25, -0.2) is 8.78 Å². The monoisotopic (exact) mass is 669 g/mol. The van der Waals surface area contributed by atoms with Crippen molar-refractivity contribution >= 4 is 23.5 Å². The topological polar surface area (TPSA) is 131 Å². The van der Waals surface area contributed by atoms with E-state index in [0.717, 1.165) is 30.5 Å². The Morgan fingerprint density at radius 1 is 0.958 bits per heavy atom. The Morgan fingerprint density at radius 2 is 1.67 bits per heavy atom. The first kappa shape index (κ1) is 33.1. The van der Waals surface area contributed by atoms with Gasteiger partial charge in [0.25, 0.3) is 5.91 Å². The number of nitrogens with two attached hydrogens (primary N) is 1. The van der Waals surface area contributed by atoms with Gasteiger partial charge >= 0.3 is 12.1 Å². The van der Waals surface area contributed by atoms with E-state index in [0.29, 0.717) is 30.9 Å². The van der Waals surface area contributed by atoms with Crippen LogP contribution < -0.4 is 21.1 Å². The maximum absolute atomic E-state index is 15.0. The van der Waals surface area contributed by atoms with E-state index in [1.807, 2.05) is 0 Å². The van der Waals surface area contributed by atoms with Crippen LogP contribution in [0.3, 0.4) is 0 Å². The highest BCUT2D eigenvalue weighted by Gasteiger charge is 2.55. The van der Waals surface area contributed by atoms with Crippen LogP contribution in [0, 0.1) is 35.3 Å². The highest BCUT2D eigenvalue weighted by molar-refractivity contribution is 6.00. The second kappa shape index (κ2) is 12.7. The number of ether oxygens (including phenoxy) is 1. The molecule has 0 aliphatic heterocycles. The lowest BCUT2D eigenvalue weighted by Gasteiger charge is -2.30. The highest BCUT2D eigenvalue weighted by Crippen LogP contribution is 2.54. The fourth-order valence-corrected chi connectivity index (χ4v) is 6.99. The lowest BCUT2D eigenvalue weighted by atomic mass is 9.83. The van der Waals surface area contributed by atoms with E-state index in [2.05, 4.69) is 16.7 Å². The van der Waals surface area contributed by atoms with Crippen molar-refractivity contribution in [2.45, 2.75) is 43.9 Å². The molecule has 2 bridgehead atoms. The number of halogens is 5. The van der Waals surface area contributed by atoms with Crippen molar-refractivity contribution in [1.29, 1.82) is 0 Å². The number of alkyl halides is 3. The lowest BCUT2D eigenvalue weighted by molar-refractivity contribution is -0.140. The summed E-state index contributed by atoms with van der Waals surface area (Å²) in [5, 5.41) is 14.8. The zero-order chi connectivity index (χ0) is 34.5. The fourth-order valence-electron chi connectivity index (χ4n) is 6.99. The van der Waals surface area contributed by atoms with Crippen molar-refractivity contribution in [1.82, 2.24) is 5.32 Å². The summed E-state index contributed by atoms with van der Waals surface area (Å²) in [6.45, 7) is 0. The minimum atomic E-state index is -4.96. The van der Waals surface area contributed by atoms with Crippen molar-refractivity contribution < 1.29 is 46.2 Å². The van der Waals surface area contributed by atoms with Crippen LogP contribution in [0.15, 0.2) is 66.2 Å². The zero-order valence-electron chi connectivity index (χ0n) is 25.6. The predicted octanol–water partition coefficient (Wildman–Crippen LogP) is 6.47. The smallest absolute Gasteiger partial charge is 0.419 e. The number of methoxy groups -OCH3 is 1. The number of rotatable bonds is 9. The molecule has 0 heterocycles. The Kier molecular flexibility index (Phi) is 8.75. The molecule has 0 saturated heterocycles. The van der Waals surface area contributed by atoms with Crippen LogP contribution in [-0.4, -0.2) is 36.0 Å². The van der Waals surface area contributed by atoms with Gasteiger partial charge in [0.05, 0.1) is 24.2 Å². The van der Waals surface area contributed by atoms with E-state index < -0.39 is 59.2 Å². The summed E-state index contributed by atoms with van der Waals surface area (Å²) in [7, 11) is 1.35. The summed E-state index contributed by atoms with van der Waals surface area (Å²) in [5.74, 6) is -5.46. The number of carboxylic acids is 1. The first-order chi connectivity index (χ1) is 22.8. The van der Waals surface area contributed by atoms with Crippen LogP contribution in [0.1, 0.15) is 53.2 Å². The lowest BCUT2D eigenvalue weighted by Crippen LogP contribution is -2.48. The van der Waals surface area contributed by atoms with E-state index in [1.54, 1.807) is 0 Å². The number of hydrogen-bond acceptors (Lipinski definition) is 5. The van der Waals surface area contributed by atoms with E-state index in [9.17, 15) is 41.4 Å². The molecule has 5 atom stereocenters. The summed E-state index contributed by atoms with van der Waals surface area (Å²) in [4.78, 5) is 39.2. The van der Waals surface area contributed by atoms with Crippen LogP contribution in [0.25, 0.3) is 11.1 Å². The van der Waals surface area contributed by atoms with Crippen molar-refractivity contribution in [2.24, 2.45) is 29.4 Å². The number of nitrogens with one attached hydrogen (secondary N) is 2. The number of carboxylic acid groups (broad SMARTS) is 1. The van der Waals surface area contributed by atoms with Gasteiger partial charge in [-0.1, -0.05) is 23.8 Å². The molecule has 48 heavy (non-hydrogen) atoms. The second-order valence-corrected chi connectivity index (χ2v) is 12.5. The third-order valence-corrected chi connectivity index (χ3v) is 9.46. The molecule has 252 valence electrons. The maximum Gasteiger partial charge on any atom is 0.419 e. The maximum atomic E-state index is 15.0. The molecule has 3 aromatic rings. The zero-order valence-corrected chi connectivity index (χ0v) is 25.6. The van der Waals surface area contributed by atoms with Crippen LogP contribution in [0.5, 0.6) is 5.75 Å². The van der Waals surface area contributed by atoms with Crippen LogP contribution in [0.2, 0.25) is 0 Å². The number of anilines is 1. The van der Waals surface area contributed by atoms with Gasteiger partial charge in [-0.2, -0.15) is 13.2 Å². The Labute approximate surface area is 272 Å². The fraction of sp³-hybridized carbons (Fsp3) is 0.343. The molecule has 0 spiro atoms.